The second-order valence-electron chi connectivity index (χ2n) is 6.72. The van der Waals surface area contributed by atoms with Crippen molar-refractivity contribution < 1.29 is 27.9 Å². The number of nitrogens with one attached hydrogen (secondary N) is 1. The lowest BCUT2D eigenvalue weighted by Crippen LogP contribution is -2.35. The molecule has 0 aromatic carbocycles. The first-order chi connectivity index (χ1) is 11.7. The van der Waals surface area contributed by atoms with Crippen LogP contribution in [0.2, 0.25) is 0 Å². The molecule has 2 heterocycles. The molecular weight excluding hydrogens is 341 g/mol. The number of carbonyl (C=O) groups excluding carboxylic acids is 1. The van der Waals surface area contributed by atoms with E-state index in [4.69, 9.17) is 5.11 Å². The number of amides is 2. The number of hydrogen-bond acceptors (Lipinski definition) is 3. The Hall–Kier alpha value is -2.26. The van der Waals surface area contributed by atoms with Crippen molar-refractivity contribution in [2.45, 2.75) is 32.0 Å². The molecule has 1 saturated heterocycles. The molecule has 1 unspecified atom stereocenters. The summed E-state index contributed by atoms with van der Waals surface area (Å²) in [6, 6.07) is -0.555. The second kappa shape index (κ2) is 6.23. The topological polar surface area (TPSA) is 87.5 Å². The number of carboxylic acid groups (broad SMARTS) is 1. The number of nitrogens with zero attached hydrogens (tertiary/aromatic N) is 3. The standard InChI is InChI=1S/C15H19F3N4O3/c1-8(9-2-3-9)22-5-10(4-19-22)20-14(25)21-6-11(13(23)24)12(7-21)15(16,17)18/h4-5,8-9,11-12H,2-3,6-7H2,1H3,(H,20,25)(H,23,24)/t8?,11-,12-/m1/s1. The van der Waals surface area contributed by atoms with E-state index < -0.39 is 43.1 Å². The van der Waals surface area contributed by atoms with Crippen LogP contribution < -0.4 is 5.32 Å². The summed E-state index contributed by atoms with van der Waals surface area (Å²) in [6.07, 6.45) is 0.663. The SMILES string of the molecule is CC(C1CC1)n1cc(NC(=O)N2C[C@@H](C(F)(F)F)[C@H](C(=O)O)C2)cn1. The molecule has 25 heavy (non-hydrogen) atoms. The van der Waals surface area contributed by atoms with Gasteiger partial charge in [0.15, 0.2) is 0 Å². The summed E-state index contributed by atoms with van der Waals surface area (Å²) in [7, 11) is 0. The maximum Gasteiger partial charge on any atom is 0.394 e. The highest BCUT2D eigenvalue weighted by atomic mass is 19.4. The predicted molar refractivity (Wildman–Crippen MR) is 80.9 cm³/mol. The van der Waals surface area contributed by atoms with Crippen molar-refractivity contribution in [2.24, 2.45) is 17.8 Å². The van der Waals surface area contributed by atoms with Crippen molar-refractivity contribution in [2.75, 3.05) is 18.4 Å². The lowest BCUT2D eigenvalue weighted by atomic mass is 9.96. The van der Waals surface area contributed by atoms with Crippen LogP contribution >= 0.6 is 0 Å². The van der Waals surface area contributed by atoms with Crippen molar-refractivity contribution in [3.63, 3.8) is 0 Å². The molecule has 7 nitrogen and oxygen atoms in total. The average molecular weight is 360 g/mol. The van der Waals surface area contributed by atoms with Gasteiger partial charge < -0.3 is 15.3 Å². The summed E-state index contributed by atoms with van der Waals surface area (Å²) in [5.74, 6) is -4.70. The smallest absolute Gasteiger partial charge is 0.394 e. The van der Waals surface area contributed by atoms with Gasteiger partial charge in [0.2, 0.25) is 0 Å². The van der Waals surface area contributed by atoms with E-state index in [0.717, 1.165) is 17.7 Å². The zero-order valence-corrected chi connectivity index (χ0v) is 13.5. The molecule has 2 aliphatic rings. The Kier molecular flexibility index (Phi) is 4.38. The molecule has 3 rings (SSSR count). The second-order valence-corrected chi connectivity index (χ2v) is 6.72. The third kappa shape index (κ3) is 3.72. The Morgan fingerprint density at radius 3 is 2.56 bits per heavy atom. The summed E-state index contributed by atoms with van der Waals surface area (Å²) in [4.78, 5) is 24.1. The number of aromatic nitrogens is 2. The van der Waals surface area contributed by atoms with Crippen LogP contribution in [0, 0.1) is 17.8 Å². The van der Waals surface area contributed by atoms with Gasteiger partial charge in [-0.3, -0.25) is 9.48 Å². The predicted octanol–water partition coefficient (Wildman–Crippen LogP) is 2.58. The number of urea groups is 1. The third-order valence-corrected chi connectivity index (χ3v) is 4.92. The van der Waals surface area contributed by atoms with Crippen LogP contribution in [0.25, 0.3) is 0 Å². The number of aliphatic carboxylic acids is 1. The number of rotatable bonds is 4. The number of anilines is 1. The quantitative estimate of drug-likeness (QED) is 0.864. The van der Waals surface area contributed by atoms with Crippen molar-refractivity contribution in [1.82, 2.24) is 14.7 Å². The van der Waals surface area contributed by atoms with E-state index in [1.54, 1.807) is 10.9 Å². The van der Waals surface area contributed by atoms with Gasteiger partial charge in [0.1, 0.15) is 0 Å². The summed E-state index contributed by atoms with van der Waals surface area (Å²) < 4.78 is 40.6. The van der Waals surface area contributed by atoms with Crippen molar-refractivity contribution in [1.29, 1.82) is 0 Å². The minimum absolute atomic E-state index is 0.198. The molecule has 138 valence electrons. The average Bonchev–Trinajstić information content (AvgIpc) is 3.08. The van der Waals surface area contributed by atoms with Crippen LogP contribution in [0.1, 0.15) is 25.8 Å². The summed E-state index contributed by atoms with van der Waals surface area (Å²) in [6.45, 7) is 0.874. The highest BCUT2D eigenvalue weighted by Gasteiger charge is 2.53. The molecule has 0 spiro atoms. The van der Waals surface area contributed by atoms with E-state index >= 15 is 0 Å². The van der Waals surface area contributed by atoms with Gasteiger partial charge in [-0.25, -0.2) is 4.79 Å². The highest BCUT2D eigenvalue weighted by molar-refractivity contribution is 5.89. The Balaban J connectivity index is 1.64. The van der Waals surface area contributed by atoms with Gasteiger partial charge in [-0.15, -0.1) is 0 Å². The number of alkyl halides is 3. The Bertz CT molecular complexity index is 671. The van der Waals surface area contributed by atoms with Gasteiger partial charge in [0, 0.05) is 19.3 Å². The van der Waals surface area contributed by atoms with Gasteiger partial charge in [-0.05, 0) is 25.7 Å². The van der Waals surface area contributed by atoms with Crippen molar-refractivity contribution in [3.8, 4) is 0 Å². The Labute approximate surface area is 141 Å². The van der Waals surface area contributed by atoms with Gasteiger partial charge in [-0.2, -0.15) is 18.3 Å². The van der Waals surface area contributed by atoms with E-state index in [1.807, 2.05) is 6.92 Å². The number of hydrogen-bond donors (Lipinski definition) is 2. The highest BCUT2D eigenvalue weighted by Crippen LogP contribution is 2.39. The van der Waals surface area contributed by atoms with E-state index in [-0.39, 0.29) is 6.04 Å². The fourth-order valence-electron chi connectivity index (χ4n) is 3.17. The first kappa shape index (κ1) is 17.6. The molecule has 10 heteroatoms. The maximum atomic E-state index is 13.0. The zero-order valence-electron chi connectivity index (χ0n) is 13.5. The first-order valence-electron chi connectivity index (χ1n) is 8.06. The fraction of sp³-hybridized carbons (Fsp3) is 0.667. The minimum Gasteiger partial charge on any atom is -0.481 e. The third-order valence-electron chi connectivity index (χ3n) is 4.92. The zero-order chi connectivity index (χ0) is 18.4. The first-order valence-corrected chi connectivity index (χ1v) is 8.06. The van der Waals surface area contributed by atoms with Gasteiger partial charge >= 0.3 is 18.2 Å². The van der Waals surface area contributed by atoms with Crippen LogP contribution in [0.3, 0.4) is 0 Å². The Morgan fingerprint density at radius 1 is 1.36 bits per heavy atom. The summed E-state index contributed by atoms with van der Waals surface area (Å²) >= 11 is 0. The van der Waals surface area contributed by atoms with E-state index in [1.165, 1.54) is 6.20 Å². The van der Waals surface area contributed by atoms with Gasteiger partial charge in [0.05, 0.1) is 29.8 Å². The molecule has 1 aliphatic carbocycles. The number of carboxylic acids is 1. The normalized spacial score (nSPS) is 25.0. The molecule has 2 fully saturated rings. The molecule has 1 saturated carbocycles. The van der Waals surface area contributed by atoms with Crippen LogP contribution in [-0.2, 0) is 4.79 Å². The van der Waals surface area contributed by atoms with Crippen molar-refractivity contribution in [3.05, 3.63) is 12.4 Å². The van der Waals surface area contributed by atoms with E-state index in [9.17, 15) is 22.8 Å². The van der Waals surface area contributed by atoms with Gasteiger partial charge in [0.25, 0.3) is 0 Å². The van der Waals surface area contributed by atoms with Crippen LogP contribution in [-0.4, -0.2) is 51.1 Å². The van der Waals surface area contributed by atoms with Gasteiger partial charge in [-0.1, -0.05) is 0 Å². The molecule has 1 aromatic heterocycles. The summed E-state index contributed by atoms with van der Waals surface area (Å²) in [5, 5.41) is 15.6. The summed E-state index contributed by atoms with van der Waals surface area (Å²) in [5.41, 5.74) is 0.375. The molecule has 0 bridgehead atoms. The molecule has 2 N–H and O–H groups in total. The lowest BCUT2D eigenvalue weighted by molar-refractivity contribution is -0.187. The monoisotopic (exact) mass is 360 g/mol. The van der Waals surface area contributed by atoms with Crippen LogP contribution in [0.4, 0.5) is 23.7 Å². The minimum atomic E-state index is -4.66. The number of halogens is 3. The molecule has 1 aromatic rings. The molecule has 3 atom stereocenters. The lowest BCUT2D eigenvalue weighted by Gasteiger charge is -2.18. The maximum absolute atomic E-state index is 13.0. The fourth-order valence-corrected chi connectivity index (χ4v) is 3.17. The number of carbonyl (C=O) groups is 2. The largest absolute Gasteiger partial charge is 0.481 e. The van der Waals surface area contributed by atoms with Crippen molar-refractivity contribution >= 4 is 17.7 Å². The molecule has 1 aliphatic heterocycles. The molecule has 0 radical (unpaired) electrons. The number of likely N-dealkylation sites (tertiary alicyclic amines) is 1. The molecule has 2 amide bonds. The van der Waals surface area contributed by atoms with Crippen LogP contribution in [0.15, 0.2) is 12.4 Å². The van der Waals surface area contributed by atoms with E-state index in [2.05, 4.69) is 10.4 Å². The Morgan fingerprint density at radius 2 is 2.04 bits per heavy atom. The van der Waals surface area contributed by atoms with E-state index in [0.29, 0.717) is 11.6 Å². The van der Waals surface area contributed by atoms with Crippen LogP contribution in [0.5, 0.6) is 0 Å². The molecular formula is C15H19F3N4O3.